The minimum atomic E-state index is -3.21. The molecule has 1 aliphatic rings. The Morgan fingerprint density at radius 3 is 2.41 bits per heavy atom. The predicted octanol–water partition coefficient (Wildman–Crippen LogP) is 1.06. The van der Waals surface area contributed by atoms with Crippen LogP contribution in [-0.4, -0.2) is 67.7 Å². The van der Waals surface area contributed by atoms with Crippen molar-refractivity contribution in [2.45, 2.75) is 57.2 Å². The van der Waals surface area contributed by atoms with Gasteiger partial charge < -0.3 is 9.80 Å². The lowest BCUT2D eigenvalue weighted by atomic mass is 10.1. The molecular weight excluding hydrogens is 304 g/mol. The number of sulfone groups is 1. The maximum absolute atomic E-state index is 12.4. The molecule has 1 rings (SSSR count). The molecule has 0 saturated carbocycles. The van der Waals surface area contributed by atoms with Crippen LogP contribution in [0.1, 0.15) is 46.0 Å². The van der Waals surface area contributed by atoms with E-state index in [1.807, 2.05) is 0 Å². The maximum Gasteiger partial charge on any atom is 0.242 e. The highest BCUT2D eigenvalue weighted by atomic mass is 32.2. The van der Waals surface area contributed by atoms with Crippen LogP contribution < -0.4 is 0 Å². The monoisotopic (exact) mass is 332 g/mol. The smallest absolute Gasteiger partial charge is 0.242 e. The van der Waals surface area contributed by atoms with Gasteiger partial charge in [-0.25, -0.2) is 8.42 Å². The van der Waals surface area contributed by atoms with E-state index in [9.17, 15) is 18.0 Å². The van der Waals surface area contributed by atoms with Crippen LogP contribution in [0.25, 0.3) is 0 Å². The van der Waals surface area contributed by atoms with E-state index < -0.39 is 21.1 Å². The van der Waals surface area contributed by atoms with Crippen molar-refractivity contribution < 1.29 is 18.0 Å². The minimum absolute atomic E-state index is 0.0188. The molecule has 0 spiro atoms. The number of hydrogen-bond donors (Lipinski definition) is 0. The van der Waals surface area contributed by atoms with Gasteiger partial charge in [0.05, 0.1) is 11.8 Å². The van der Waals surface area contributed by atoms with Crippen molar-refractivity contribution in [2.24, 2.45) is 0 Å². The molecule has 0 radical (unpaired) electrons. The molecule has 2 unspecified atom stereocenters. The Hall–Kier alpha value is -1.11. The average Bonchev–Trinajstić information content (AvgIpc) is 2.43. The Balaban J connectivity index is 2.67. The molecule has 1 aliphatic heterocycles. The minimum Gasteiger partial charge on any atom is -0.340 e. The molecule has 6 nitrogen and oxygen atoms in total. The first-order valence-electron chi connectivity index (χ1n) is 7.87. The largest absolute Gasteiger partial charge is 0.340 e. The normalized spacial score (nSPS) is 20.0. The molecule has 0 aromatic heterocycles. The second kappa shape index (κ2) is 7.94. The number of likely N-dealkylation sites (N-methyl/N-ethyl adjacent to an activating group) is 1. The van der Waals surface area contributed by atoms with Crippen LogP contribution >= 0.6 is 0 Å². The van der Waals surface area contributed by atoms with E-state index in [0.717, 1.165) is 25.7 Å². The molecular formula is C15H28N2O4S. The molecule has 0 aromatic rings. The average molecular weight is 332 g/mol. The van der Waals surface area contributed by atoms with Gasteiger partial charge in [-0.3, -0.25) is 9.59 Å². The fourth-order valence-corrected chi connectivity index (χ4v) is 3.46. The summed E-state index contributed by atoms with van der Waals surface area (Å²) in [5.41, 5.74) is 0. The first kappa shape index (κ1) is 18.9. The molecule has 0 N–H and O–H groups in total. The molecule has 2 amide bonds. The van der Waals surface area contributed by atoms with E-state index in [1.165, 1.54) is 11.2 Å². The Morgan fingerprint density at radius 1 is 1.23 bits per heavy atom. The topological polar surface area (TPSA) is 74.8 Å². The van der Waals surface area contributed by atoms with Crippen molar-refractivity contribution in [3.8, 4) is 0 Å². The summed E-state index contributed by atoms with van der Waals surface area (Å²) in [5.74, 6) is -0.192. The van der Waals surface area contributed by atoms with Gasteiger partial charge in [-0.05, 0) is 26.7 Å². The summed E-state index contributed by atoms with van der Waals surface area (Å²) in [7, 11) is -1.61. The summed E-state index contributed by atoms with van der Waals surface area (Å²) in [4.78, 5) is 27.5. The number of hydrogen-bond acceptors (Lipinski definition) is 4. The van der Waals surface area contributed by atoms with Gasteiger partial charge in [-0.1, -0.05) is 12.8 Å². The highest BCUT2D eigenvalue weighted by molar-refractivity contribution is 7.91. The Labute approximate surface area is 133 Å². The molecule has 0 aliphatic carbocycles. The number of likely N-dealkylation sites (tertiary alicyclic amines) is 1. The van der Waals surface area contributed by atoms with Crippen molar-refractivity contribution in [1.29, 1.82) is 0 Å². The van der Waals surface area contributed by atoms with Crippen molar-refractivity contribution in [3.05, 3.63) is 0 Å². The summed E-state index contributed by atoms with van der Waals surface area (Å²) in [5, 5.41) is -0.635. The van der Waals surface area contributed by atoms with Crippen LogP contribution in [0.15, 0.2) is 0 Å². The highest BCUT2D eigenvalue weighted by Gasteiger charge is 2.29. The number of carbonyl (C=O) groups excluding carboxylic acids is 2. The third kappa shape index (κ3) is 5.26. The second-order valence-electron chi connectivity index (χ2n) is 6.26. The van der Waals surface area contributed by atoms with Crippen LogP contribution in [0, 0.1) is 0 Å². The van der Waals surface area contributed by atoms with E-state index in [1.54, 1.807) is 25.8 Å². The van der Waals surface area contributed by atoms with Gasteiger partial charge in [-0.15, -0.1) is 0 Å². The van der Waals surface area contributed by atoms with Gasteiger partial charge in [0.1, 0.15) is 0 Å². The zero-order valence-electron chi connectivity index (χ0n) is 14.0. The molecule has 1 fully saturated rings. The first-order valence-corrected chi connectivity index (χ1v) is 9.82. The third-order valence-electron chi connectivity index (χ3n) is 4.61. The van der Waals surface area contributed by atoms with Gasteiger partial charge in [0.15, 0.2) is 9.84 Å². The van der Waals surface area contributed by atoms with Crippen molar-refractivity contribution in [1.82, 2.24) is 9.80 Å². The number of rotatable bonds is 5. The lowest BCUT2D eigenvalue weighted by Crippen LogP contribution is -2.49. The summed E-state index contributed by atoms with van der Waals surface area (Å²) < 4.78 is 23.2. The zero-order valence-corrected chi connectivity index (χ0v) is 14.9. The second-order valence-corrected chi connectivity index (χ2v) is 8.66. The van der Waals surface area contributed by atoms with Gasteiger partial charge in [0.2, 0.25) is 11.8 Å². The maximum atomic E-state index is 12.4. The van der Waals surface area contributed by atoms with Crippen LogP contribution in [0.3, 0.4) is 0 Å². The molecule has 128 valence electrons. The fourth-order valence-electron chi connectivity index (χ4n) is 2.56. The van der Waals surface area contributed by atoms with E-state index in [0.29, 0.717) is 13.0 Å². The number of nitrogens with zero attached hydrogens (tertiary/aromatic N) is 2. The number of amides is 2. The third-order valence-corrected chi connectivity index (χ3v) is 6.35. The van der Waals surface area contributed by atoms with Crippen LogP contribution in [0.4, 0.5) is 0 Å². The first-order chi connectivity index (χ1) is 10.1. The van der Waals surface area contributed by atoms with Gasteiger partial charge in [0.25, 0.3) is 0 Å². The SMILES string of the molecule is CC(C(C)S(C)(=O)=O)N(C)C(=O)CN1CCCCCCC1=O. The summed E-state index contributed by atoms with van der Waals surface area (Å²) in [6.45, 7) is 3.97. The molecule has 2 atom stereocenters. The fraction of sp³-hybridized carbons (Fsp3) is 0.867. The van der Waals surface area contributed by atoms with E-state index in [-0.39, 0.29) is 18.4 Å². The van der Waals surface area contributed by atoms with Crippen molar-refractivity contribution in [3.63, 3.8) is 0 Å². The zero-order chi connectivity index (χ0) is 16.9. The summed E-state index contributed by atoms with van der Waals surface area (Å²) in [6.07, 6.45) is 5.60. The standard InChI is InChI=1S/C15H28N2O4S/c1-12(13(2)22(4,20)21)16(3)15(19)11-17-10-8-6-5-7-9-14(17)18/h12-13H,5-11H2,1-4H3. The highest BCUT2D eigenvalue weighted by Crippen LogP contribution is 2.14. The lowest BCUT2D eigenvalue weighted by Gasteiger charge is -2.32. The van der Waals surface area contributed by atoms with Crippen LogP contribution in [0.2, 0.25) is 0 Å². The molecule has 0 bridgehead atoms. The van der Waals surface area contributed by atoms with Crippen LogP contribution in [-0.2, 0) is 19.4 Å². The summed E-state index contributed by atoms with van der Waals surface area (Å²) in [6, 6.07) is -0.424. The molecule has 1 heterocycles. The summed E-state index contributed by atoms with van der Waals surface area (Å²) >= 11 is 0. The molecule has 0 aromatic carbocycles. The predicted molar refractivity (Wildman–Crippen MR) is 86.2 cm³/mol. The van der Waals surface area contributed by atoms with E-state index in [4.69, 9.17) is 0 Å². The quantitative estimate of drug-likeness (QED) is 0.754. The van der Waals surface area contributed by atoms with Crippen LogP contribution in [0.5, 0.6) is 0 Å². The van der Waals surface area contributed by atoms with Gasteiger partial charge in [0, 0.05) is 32.3 Å². The molecule has 22 heavy (non-hydrogen) atoms. The lowest BCUT2D eigenvalue weighted by molar-refractivity contribution is -0.141. The van der Waals surface area contributed by atoms with Crippen molar-refractivity contribution in [2.75, 3.05) is 26.4 Å². The van der Waals surface area contributed by atoms with Gasteiger partial charge in [-0.2, -0.15) is 0 Å². The Bertz CT molecular complexity index is 504. The molecule has 1 saturated heterocycles. The van der Waals surface area contributed by atoms with E-state index >= 15 is 0 Å². The van der Waals surface area contributed by atoms with Crippen molar-refractivity contribution >= 4 is 21.7 Å². The molecule has 7 heteroatoms. The Kier molecular flexibility index (Phi) is 6.84. The Morgan fingerprint density at radius 2 is 1.82 bits per heavy atom. The number of carbonyl (C=O) groups is 2. The van der Waals surface area contributed by atoms with Gasteiger partial charge >= 0.3 is 0 Å². The van der Waals surface area contributed by atoms with E-state index in [2.05, 4.69) is 0 Å².